The zero-order valence-electron chi connectivity index (χ0n) is 14.9. The number of hydrogen-bond donors (Lipinski definition) is 0. The molecule has 0 unspecified atom stereocenters. The van der Waals surface area contributed by atoms with Crippen LogP contribution in [-0.4, -0.2) is 78.2 Å². The molecule has 0 atom stereocenters. The monoisotopic (exact) mass is 364 g/mol. The summed E-state index contributed by atoms with van der Waals surface area (Å²) < 4.78 is 24.4. The summed E-state index contributed by atoms with van der Waals surface area (Å²) >= 11 is 0. The predicted octanol–water partition coefficient (Wildman–Crippen LogP) is 0.754. The average molecular weight is 364 g/mol. The molecule has 0 spiro atoms. The van der Waals surface area contributed by atoms with Crippen molar-refractivity contribution in [1.82, 2.24) is 19.2 Å². The van der Waals surface area contributed by atoms with Gasteiger partial charge in [0.25, 0.3) is 5.91 Å². The van der Waals surface area contributed by atoms with E-state index in [2.05, 4.69) is 9.88 Å². The number of aromatic nitrogens is 2. The summed E-state index contributed by atoms with van der Waals surface area (Å²) in [6.45, 7) is 6.96. The molecule has 1 fully saturated rings. The number of nitrogens with zero attached hydrogens (tertiary/aromatic N) is 4. The van der Waals surface area contributed by atoms with Gasteiger partial charge in [0, 0.05) is 45.2 Å². The summed E-state index contributed by atoms with van der Waals surface area (Å²) in [5.74, 6) is 0.142. The first-order chi connectivity index (χ1) is 11.7. The number of imidazole rings is 1. The highest BCUT2D eigenvalue weighted by atomic mass is 32.2. The summed E-state index contributed by atoms with van der Waals surface area (Å²) in [5, 5.41) is 0. The smallest absolute Gasteiger partial charge is 0.272 e. The van der Waals surface area contributed by atoms with Crippen LogP contribution in [0.1, 0.15) is 21.7 Å². The van der Waals surface area contributed by atoms with Crippen LogP contribution in [-0.2, 0) is 9.84 Å². The van der Waals surface area contributed by atoms with Crippen molar-refractivity contribution in [3.63, 3.8) is 0 Å². The Bertz CT molecular complexity index is 896. The van der Waals surface area contributed by atoms with Gasteiger partial charge < -0.3 is 4.90 Å². The minimum atomic E-state index is -2.96. The van der Waals surface area contributed by atoms with Gasteiger partial charge in [-0.1, -0.05) is 0 Å². The lowest BCUT2D eigenvalue weighted by Gasteiger charge is -2.34. The highest BCUT2D eigenvalue weighted by Gasteiger charge is 2.26. The predicted molar refractivity (Wildman–Crippen MR) is 96.7 cm³/mol. The molecule has 0 saturated carbocycles. The third-order valence-corrected chi connectivity index (χ3v) is 5.52. The molecule has 1 amide bonds. The van der Waals surface area contributed by atoms with Gasteiger partial charge in [-0.05, 0) is 31.5 Å². The van der Waals surface area contributed by atoms with Gasteiger partial charge in [0.05, 0.1) is 11.4 Å². The first kappa shape index (κ1) is 17.9. The number of aryl methyl sites for hydroxylation is 2. The molecular formula is C17H24N4O3S. The zero-order chi connectivity index (χ0) is 18.2. The zero-order valence-corrected chi connectivity index (χ0v) is 15.7. The number of carbonyl (C=O) groups is 1. The first-order valence-electron chi connectivity index (χ1n) is 8.39. The maximum Gasteiger partial charge on any atom is 0.272 e. The molecule has 3 heterocycles. The standard InChI is InChI=1S/C17H24N4O3S/c1-13-4-5-21-15(12-13)18-14(2)16(21)17(22)20-8-6-19(7-9-20)10-11-25(3,23)24/h4-5,12H,6-11H2,1-3H3. The maximum atomic E-state index is 13.0. The van der Waals surface area contributed by atoms with Crippen molar-refractivity contribution in [3.8, 4) is 0 Å². The molecule has 0 aromatic carbocycles. The van der Waals surface area contributed by atoms with Gasteiger partial charge in [0.2, 0.25) is 0 Å². The van der Waals surface area contributed by atoms with Crippen molar-refractivity contribution in [2.24, 2.45) is 0 Å². The number of pyridine rings is 1. The maximum absolute atomic E-state index is 13.0. The summed E-state index contributed by atoms with van der Waals surface area (Å²) in [5.41, 5.74) is 3.23. The van der Waals surface area contributed by atoms with Gasteiger partial charge >= 0.3 is 0 Å². The van der Waals surface area contributed by atoms with Gasteiger partial charge in [-0.25, -0.2) is 13.4 Å². The summed E-state index contributed by atoms with van der Waals surface area (Å²) in [4.78, 5) is 21.4. The molecule has 0 N–H and O–H groups in total. The number of sulfone groups is 1. The minimum Gasteiger partial charge on any atom is -0.335 e. The van der Waals surface area contributed by atoms with E-state index in [1.54, 1.807) is 0 Å². The summed E-state index contributed by atoms with van der Waals surface area (Å²) in [6.07, 6.45) is 3.14. The Hall–Kier alpha value is -1.93. The quantitative estimate of drug-likeness (QED) is 0.800. The van der Waals surface area contributed by atoms with E-state index >= 15 is 0 Å². The number of rotatable bonds is 4. The Balaban J connectivity index is 1.70. The molecule has 8 heteroatoms. The average Bonchev–Trinajstić information content (AvgIpc) is 2.87. The molecule has 3 rings (SSSR count). The van der Waals surface area contributed by atoms with Crippen LogP contribution < -0.4 is 0 Å². The molecule has 2 aromatic heterocycles. The lowest BCUT2D eigenvalue weighted by molar-refractivity contribution is 0.0636. The lowest BCUT2D eigenvalue weighted by Crippen LogP contribution is -2.49. The fourth-order valence-corrected chi connectivity index (χ4v) is 3.73. The van der Waals surface area contributed by atoms with Crippen LogP contribution in [0.3, 0.4) is 0 Å². The second kappa shape index (κ2) is 6.76. The first-order valence-corrected chi connectivity index (χ1v) is 10.5. The second-order valence-electron chi connectivity index (χ2n) is 6.74. The highest BCUT2D eigenvalue weighted by Crippen LogP contribution is 2.16. The van der Waals surface area contributed by atoms with Gasteiger partial charge in [-0.2, -0.15) is 0 Å². The van der Waals surface area contributed by atoms with Crippen LogP contribution in [0.5, 0.6) is 0 Å². The van der Waals surface area contributed by atoms with Crippen LogP contribution in [0.4, 0.5) is 0 Å². The second-order valence-corrected chi connectivity index (χ2v) is 9.00. The van der Waals surface area contributed by atoms with E-state index in [1.807, 2.05) is 41.5 Å². The SMILES string of the molecule is Cc1ccn2c(C(=O)N3CCN(CCS(C)(=O)=O)CC3)c(C)nc2c1. The van der Waals surface area contributed by atoms with Crippen molar-refractivity contribution in [2.75, 3.05) is 44.7 Å². The fourth-order valence-electron chi connectivity index (χ4n) is 3.14. The van der Waals surface area contributed by atoms with Crippen LogP contribution in [0.2, 0.25) is 0 Å². The topological polar surface area (TPSA) is 75.0 Å². The van der Waals surface area contributed by atoms with Crippen LogP contribution in [0, 0.1) is 13.8 Å². The molecule has 0 radical (unpaired) electrons. The molecule has 2 aromatic rings. The molecule has 0 bridgehead atoms. The van der Waals surface area contributed by atoms with Crippen LogP contribution in [0.15, 0.2) is 18.3 Å². The number of carbonyl (C=O) groups excluding carboxylic acids is 1. The number of amides is 1. The van der Waals surface area contributed by atoms with E-state index in [0.29, 0.717) is 38.4 Å². The molecule has 0 aliphatic carbocycles. The molecule has 1 aliphatic rings. The number of hydrogen-bond acceptors (Lipinski definition) is 5. The molecule has 136 valence electrons. The third kappa shape index (κ3) is 4.01. The number of piperazine rings is 1. The van der Waals surface area contributed by atoms with E-state index < -0.39 is 9.84 Å². The van der Waals surface area contributed by atoms with E-state index in [9.17, 15) is 13.2 Å². The molecular weight excluding hydrogens is 340 g/mol. The van der Waals surface area contributed by atoms with Gasteiger partial charge in [-0.15, -0.1) is 0 Å². The van der Waals surface area contributed by atoms with E-state index in [-0.39, 0.29) is 11.7 Å². The highest BCUT2D eigenvalue weighted by molar-refractivity contribution is 7.90. The van der Waals surface area contributed by atoms with Crippen molar-refractivity contribution >= 4 is 21.4 Å². The summed E-state index contributed by atoms with van der Waals surface area (Å²) in [6, 6.07) is 3.93. The minimum absolute atomic E-state index is 0.0170. The van der Waals surface area contributed by atoms with Crippen molar-refractivity contribution in [3.05, 3.63) is 35.3 Å². The van der Waals surface area contributed by atoms with Crippen molar-refractivity contribution in [2.45, 2.75) is 13.8 Å². The van der Waals surface area contributed by atoms with Crippen molar-refractivity contribution in [1.29, 1.82) is 0 Å². The summed E-state index contributed by atoms with van der Waals surface area (Å²) in [7, 11) is -2.96. The van der Waals surface area contributed by atoms with Crippen LogP contribution >= 0.6 is 0 Å². The van der Waals surface area contributed by atoms with E-state index in [1.165, 1.54) is 6.26 Å². The Morgan fingerprint density at radius 2 is 1.88 bits per heavy atom. The Morgan fingerprint density at radius 3 is 2.52 bits per heavy atom. The van der Waals surface area contributed by atoms with E-state index in [0.717, 1.165) is 16.9 Å². The normalized spacial score (nSPS) is 16.5. The van der Waals surface area contributed by atoms with Gasteiger partial charge in [-0.3, -0.25) is 14.1 Å². The lowest BCUT2D eigenvalue weighted by atomic mass is 10.2. The Morgan fingerprint density at radius 1 is 1.20 bits per heavy atom. The fraction of sp³-hybridized carbons (Fsp3) is 0.529. The molecule has 1 saturated heterocycles. The van der Waals surface area contributed by atoms with Crippen LogP contribution in [0.25, 0.3) is 5.65 Å². The molecule has 7 nitrogen and oxygen atoms in total. The Kier molecular flexibility index (Phi) is 4.83. The molecule has 25 heavy (non-hydrogen) atoms. The van der Waals surface area contributed by atoms with Gasteiger partial charge in [0.15, 0.2) is 0 Å². The Labute approximate surface area is 148 Å². The largest absolute Gasteiger partial charge is 0.335 e. The molecule has 1 aliphatic heterocycles. The van der Waals surface area contributed by atoms with Crippen molar-refractivity contribution < 1.29 is 13.2 Å². The number of fused-ring (bicyclic) bond motifs is 1. The van der Waals surface area contributed by atoms with E-state index in [4.69, 9.17) is 0 Å². The third-order valence-electron chi connectivity index (χ3n) is 4.60. The van der Waals surface area contributed by atoms with Gasteiger partial charge in [0.1, 0.15) is 21.2 Å².